The predicted molar refractivity (Wildman–Crippen MR) is 117 cm³/mol. The summed E-state index contributed by atoms with van der Waals surface area (Å²) in [5.74, 6) is -0.540. The molecule has 4 rings (SSSR count). The Kier molecular flexibility index (Phi) is 5.97. The lowest BCUT2D eigenvalue weighted by atomic mass is 9.94. The summed E-state index contributed by atoms with van der Waals surface area (Å²) in [5.41, 5.74) is 3.16. The zero-order valence-corrected chi connectivity index (χ0v) is 17.6. The van der Waals surface area contributed by atoms with E-state index in [1.807, 2.05) is 78.9 Å². The number of ether oxygens (including phenoxy) is 1. The van der Waals surface area contributed by atoms with E-state index in [1.165, 1.54) is 0 Å². The number of carbonyl (C=O) groups excluding carboxylic acids is 2. The van der Waals surface area contributed by atoms with E-state index in [-0.39, 0.29) is 6.61 Å². The molecule has 0 bridgehead atoms. The van der Waals surface area contributed by atoms with Gasteiger partial charge in [-0.1, -0.05) is 101 Å². The first-order valence-electron chi connectivity index (χ1n) is 9.59. The summed E-state index contributed by atoms with van der Waals surface area (Å²) in [6.45, 7) is 0.0883. The molecule has 0 aliphatic carbocycles. The van der Waals surface area contributed by atoms with Gasteiger partial charge in [0.1, 0.15) is 23.6 Å². The van der Waals surface area contributed by atoms with Crippen molar-refractivity contribution in [2.45, 2.75) is 17.0 Å². The van der Waals surface area contributed by atoms with Crippen LogP contribution in [0.25, 0.3) is 11.1 Å². The second-order valence-electron chi connectivity index (χ2n) is 7.01. The third kappa shape index (κ3) is 3.88. The van der Waals surface area contributed by atoms with E-state index in [2.05, 4.69) is 15.9 Å². The fourth-order valence-electron chi connectivity index (χ4n) is 3.65. The van der Waals surface area contributed by atoms with E-state index in [1.54, 1.807) is 6.07 Å². The Morgan fingerprint density at radius 3 is 2.27 bits per heavy atom. The van der Waals surface area contributed by atoms with Crippen molar-refractivity contribution in [3.63, 3.8) is 0 Å². The van der Waals surface area contributed by atoms with Crippen LogP contribution in [0.1, 0.15) is 23.3 Å². The zero-order valence-electron chi connectivity index (χ0n) is 16.0. The van der Waals surface area contributed by atoms with E-state index >= 15 is 0 Å². The molecule has 1 aliphatic heterocycles. The molecule has 1 heterocycles. The summed E-state index contributed by atoms with van der Waals surface area (Å²) in [7, 11) is 0. The van der Waals surface area contributed by atoms with Gasteiger partial charge in [0.2, 0.25) is 5.91 Å². The Hall–Kier alpha value is -2.96. The number of halogens is 1. The first-order chi connectivity index (χ1) is 14.6. The maximum Gasteiger partial charge on any atom is 0.417 e. The van der Waals surface area contributed by atoms with Crippen LogP contribution in [0, 0.1) is 0 Å². The number of rotatable bonds is 5. The standard InChI is InChI=1S/C24H20BrNO4/c25-21(22(27)19-14-8-7-13-18(19)16-9-3-1-4-10-16)23(28)26-20(15-30-24(26)29)17-11-5-2-6-12-17/h1-14,20-22,27H,15H2/t20-,21+,22+/m0/s1. The Labute approximate surface area is 183 Å². The maximum atomic E-state index is 13.2. The number of cyclic esters (lactones) is 1. The first kappa shape index (κ1) is 20.3. The molecule has 1 saturated heterocycles. The zero-order chi connectivity index (χ0) is 21.1. The van der Waals surface area contributed by atoms with Crippen molar-refractivity contribution in [3.05, 3.63) is 96.1 Å². The molecule has 2 amide bonds. The molecular weight excluding hydrogens is 446 g/mol. The van der Waals surface area contributed by atoms with Gasteiger partial charge >= 0.3 is 6.09 Å². The van der Waals surface area contributed by atoms with Crippen molar-refractivity contribution in [2.24, 2.45) is 0 Å². The Morgan fingerprint density at radius 2 is 1.57 bits per heavy atom. The van der Waals surface area contributed by atoms with Gasteiger partial charge in [-0.25, -0.2) is 9.69 Å². The topological polar surface area (TPSA) is 66.8 Å². The highest BCUT2D eigenvalue weighted by Crippen LogP contribution is 2.35. The van der Waals surface area contributed by atoms with Crippen molar-refractivity contribution < 1.29 is 19.4 Å². The lowest BCUT2D eigenvalue weighted by Gasteiger charge is -2.26. The highest BCUT2D eigenvalue weighted by Gasteiger charge is 2.43. The van der Waals surface area contributed by atoms with E-state index < -0.39 is 29.0 Å². The van der Waals surface area contributed by atoms with Crippen LogP contribution in [-0.2, 0) is 9.53 Å². The van der Waals surface area contributed by atoms with Crippen LogP contribution in [0.5, 0.6) is 0 Å². The minimum atomic E-state index is -1.15. The SMILES string of the molecule is O=C1OC[C@@H](c2ccccc2)N1C(=O)[C@H](Br)[C@H](O)c1ccccc1-c1ccccc1. The maximum absolute atomic E-state index is 13.2. The number of alkyl halides is 1. The highest BCUT2D eigenvalue weighted by molar-refractivity contribution is 9.10. The van der Waals surface area contributed by atoms with E-state index in [0.717, 1.165) is 21.6 Å². The monoisotopic (exact) mass is 465 g/mol. The van der Waals surface area contributed by atoms with Crippen LogP contribution in [0.4, 0.5) is 4.79 Å². The predicted octanol–water partition coefficient (Wildman–Crippen LogP) is 4.87. The summed E-state index contributed by atoms with van der Waals surface area (Å²) in [6.07, 6.45) is -1.86. The number of aliphatic hydroxyl groups excluding tert-OH is 1. The Bertz CT molecular complexity index is 1040. The number of nitrogens with zero attached hydrogens (tertiary/aromatic N) is 1. The first-order valence-corrected chi connectivity index (χ1v) is 10.5. The van der Waals surface area contributed by atoms with E-state index in [4.69, 9.17) is 4.74 Å². The minimum Gasteiger partial charge on any atom is -0.446 e. The average molecular weight is 466 g/mol. The molecule has 1 aliphatic rings. The lowest BCUT2D eigenvalue weighted by molar-refractivity contribution is -0.130. The second kappa shape index (κ2) is 8.81. The van der Waals surface area contributed by atoms with Gasteiger partial charge in [0, 0.05) is 0 Å². The number of carbonyl (C=O) groups is 2. The molecule has 0 radical (unpaired) electrons. The third-order valence-electron chi connectivity index (χ3n) is 5.17. The van der Waals surface area contributed by atoms with Crippen LogP contribution in [-0.4, -0.2) is 33.4 Å². The molecule has 0 spiro atoms. The number of imide groups is 1. The number of amides is 2. The third-order valence-corrected chi connectivity index (χ3v) is 6.06. The van der Waals surface area contributed by atoms with Gasteiger partial charge in [0.15, 0.2) is 0 Å². The summed E-state index contributed by atoms with van der Waals surface area (Å²) >= 11 is 3.34. The molecule has 152 valence electrons. The van der Waals surface area contributed by atoms with Crippen LogP contribution in [0.3, 0.4) is 0 Å². The lowest BCUT2D eigenvalue weighted by Crippen LogP contribution is -2.41. The van der Waals surface area contributed by atoms with E-state index in [9.17, 15) is 14.7 Å². The molecule has 3 aromatic carbocycles. The number of aliphatic hydroxyl groups is 1. The molecule has 0 aromatic heterocycles. The molecule has 0 saturated carbocycles. The van der Waals surface area contributed by atoms with Gasteiger partial charge in [0.05, 0.1) is 0 Å². The smallest absolute Gasteiger partial charge is 0.417 e. The van der Waals surface area contributed by atoms with Gasteiger partial charge in [0.25, 0.3) is 0 Å². The summed E-state index contributed by atoms with van der Waals surface area (Å²) in [4.78, 5) is 25.6. The summed E-state index contributed by atoms with van der Waals surface area (Å²) in [5, 5.41) is 11.1. The molecule has 6 heteroatoms. The van der Waals surface area contributed by atoms with Crippen molar-refractivity contribution in [1.82, 2.24) is 4.90 Å². The Morgan fingerprint density at radius 1 is 0.967 bits per heavy atom. The minimum absolute atomic E-state index is 0.0883. The quantitative estimate of drug-likeness (QED) is 0.545. The fraction of sp³-hybridized carbons (Fsp3) is 0.167. The molecular formula is C24H20BrNO4. The average Bonchev–Trinajstić information content (AvgIpc) is 3.20. The molecule has 1 N–H and O–H groups in total. The molecule has 1 fully saturated rings. The van der Waals surface area contributed by atoms with Crippen LogP contribution >= 0.6 is 15.9 Å². The molecule has 30 heavy (non-hydrogen) atoms. The van der Waals surface area contributed by atoms with Gasteiger partial charge < -0.3 is 9.84 Å². The van der Waals surface area contributed by atoms with E-state index in [0.29, 0.717) is 5.56 Å². The molecule has 3 atom stereocenters. The van der Waals surface area contributed by atoms with Crippen LogP contribution in [0.2, 0.25) is 0 Å². The number of hydrogen-bond acceptors (Lipinski definition) is 4. The van der Waals surface area contributed by atoms with Crippen molar-refractivity contribution in [3.8, 4) is 11.1 Å². The Balaban J connectivity index is 1.62. The molecule has 3 aromatic rings. The number of benzene rings is 3. The van der Waals surface area contributed by atoms with Gasteiger partial charge in [-0.05, 0) is 22.3 Å². The highest BCUT2D eigenvalue weighted by atomic mass is 79.9. The van der Waals surface area contributed by atoms with Crippen molar-refractivity contribution in [2.75, 3.05) is 6.61 Å². The van der Waals surface area contributed by atoms with Gasteiger partial charge in [-0.2, -0.15) is 0 Å². The van der Waals surface area contributed by atoms with Crippen LogP contribution < -0.4 is 0 Å². The summed E-state index contributed by atoms with van der Waals surface area (Å²) in [6, 6.07) is 25.7. The van der Waals surface area contributed by atoms with Gasteiger partial charge in [-0.15, -0.1) is 0 Å². The fourth-order valence-corrected chi connectivity index (χ4v) is 4.15. The largest absolute Gasteiger partial charge is 0.446 e. The second-order valence-corrected chi connectivity index (χ2v) is 8.00. The molecule has 0 unspecified atom stereocenters. The summed E-state index contributed by atoms with van der Waals surface area (Å²) < 4.78 is 5.15. The number of hydrogen-bond donors (Lipinski definition) is 1. The van der Waals surface area contributed by atoms with Crippen molar-refractivity contribution in [1.29, 1.82) is 0 Å². The molecule has 5 nitrogen and oxygen atoms in total. The van der Waals surface area contributed by atoms with Gasteiger partial charge in [-0.3, -0.25) is 4.79 Å². The van der Waals surface area contributed by atoms with Crippen LogP contribution in [0.15, 0.2) is 84.9 Å². The normalized spacial score (nSPS) is 18.0. The van der Waals surface area contributed by atoms with Crippen molar-refractivity contribution >= 4 is 27.9 Å².